The van der Waals surface area contributed by atoms with Crippen molar-refractivity contribution in [3.05, 3.63) is 131 Å². The van der Waals surface area contributed by atoms with Gasteiger partial charge in [0, 0.05) is 19.5 Å². The van der Waals surface area contributed by atoms with Crippen molar-refractivity contribution in [1.29, 1.82) is 0 Å². The first-order chi connectivity index (χ1) is 21.8. The minimum atomic E-state index is -4.20. The highest BCUT2D eigenvalue weighted by molar-refractivity contribution is 7.92. The number of hydrogen-bond acceptors (Lipinski definition) is 4. The number of carbonyl (C=O) groups excluding carboxylic acids is 2. The van der Waals surface area contributed by atoms with Crippen LogP contribution in [-0.4, -0.2) is 44.3 Å². The van der Waals surface area contributed by atoms with E-state index in [-0.39, 0.29) is 29.7 Å². The number of aryl methyl sites for hydroxylation is 3. The van der Waals surface area contributed by atoms with Gasteiger partial charge >= 0.3 is 0 Å². The molecule has 1 unspecified atom stereocenters. The number of hydrogen-bond donors (Lipinski definition) is 1. The Morgan fingerprint density at radius 1 is 0.804 bits per heavy atom. The molecule has 1 atom stereocenters. The van der Waals surface area contributed by atoms with Crippen molar-refractivity contribution >= 4 is 27.5 Å². The SMILES string of the molecule is Cc1ccc(S(=O)(=O)N(CC(=O)N(Cc2ccc(F)cc2)C(Cc2ccccc2)C(=O)NCC(C)C)c2ccc(C)cc2C)cc1. The van der Waals surface area contributed by atoms with Crippen LogP contribution in [-0.2, 0) is 32.6 Å². The lowest BCUT2D eigenvalue weighted by Gasteiger charge is -2.34. The number of nitrogens with one attached hydrogen (secondary N) is 1. The number of nitrogens with zero attached hydrogens (tertiary/aromatic N) is 2. The lowest BCUT2D eigenvalue weighted by atomic mass is 10.0. The first-order valence-electron chi connectivity index (χ1n) is 15.4. The second-order valence-electron chi connectivity index (χ2n) is 12.1. The first-order valence-corrected chi connectivity index (χ1v) is 16.8. The molecule has 46 heavy (non-hydrogen) atoms. The van der Waals surface area contributed by atoms with Crippen LogP contribution in [0.4, 0.5) is 10.1 Å². The minimum absolute atomic E-state index is 0.0307. The van der Waals surface area contributed by atoms with Crippen LogP contribution in [0, 0.1) is 32.5 Å². The third-order valence-corrected chi connectivity index (χ3v) is 9.50. The molecule has 0 saturated heterocycles. The van der Waals surface area contributed by atoms with Crippen molar-refractivity contribution in [2.24, 2.45) is 5.92 Å². The third-order valence-electron chi connectivity index (χ3n) is 7.73. The summed E-state index contributed by atoms with van der Waals surface area (Å²) < 4.78 is 43.5. The summed E-state index contributed by atoms with van der Waals surface area (Å²) in [6, 6.07) is 26.0. The minimum Gasteiger partial charge on any atom is -0.354 e. The van der Waals surface area contributed by atoms with Crippen LogP contribution < -0.4 is 9.62 Å². The largest absolute Gasteiger partial charge is 0.354 e. The van der Waals surface area contributed by atoms with Crippen molar-refractivity contribution in [3.8, 4) is 0 Å². The van der Waals surface area contributed by atoms with E-state index in [1.165, 1.54) is 29.2 Å². The fraction of sp³-hybridized carbons (Fsp3) is 0.297. The molecule has 9 heteroatoms. The van der Waals surface area contributed by atoms with E-state index in [1.807, 2.05) is 64.1 Å². The van der Waals surface area contributed by atoms with E-state index in [1.54, 1.807) is 43.3 Å². The zero-order valence-corrected chi connectivity index (χ0v) is 27.9. The number of amides is 2. The average Bonchev–Trinajstić information content (AvgIpc) is 3.02. The fourth-order valence-electron chi connectivity index (χ4n) is 5.20. The zero-order chi connectivity index (χ0) is 33.4. The van der Waals surface area contributed by atoms with Gasteiger partial charge in [-0.15, -0.1) is 0 Å². The number of benzene rings is 4. The van der Waals surface area contributed by atoms with Gasteiger partial charge in [-0.25, -0.2) is 12.8 Å². The standard InChI is InChI=1S/C37H42FN3O4S/c1-26(2)23-39-37(43)35(22-30-9-7-6-8-10-30)40(24-31-14-16-32(38)17-15-31)36(42)25-41(34-20-13-28(4)21-29(34)5)46(44,45)33-18-11-27(3)12-19-33/h6-21,26,35H,22-25H2,1-5H3,(H,39,43). The van der Waals surface area contributed by atoms with Crippen LogP contribution >= 0.6 is 0 Å². The van der Waals surface area contributed by atoms with Gasteiger partial charge in [-0.1, -0.05) is 91.7 Å². The Morgan fingerprint density at radius 2 is 1.43 bits per heavy atom. The smallest absolute Gasteiger partial charge is 0.264 e. The lowest BCUT2D eigenvalue weighted by Crippen LogP contribution is -2.53. The molecule has 4 aromatic carbocycles. The number of sulfonamides is 1. The summed E-state index contributed by atoms with van der Waals surface area (Å²) in [5, 5.41) is 2.97. The van der Waals surface area contributed by atoms with Crippen molar-refractivity contribution in [3.63, 3.8) is 0 Å². The topological polar surface area (TPSA) is 86.8 Å². The summed E-state index contributed by atoms with van der Waals surface area (Å²) in [4.78, 5) is 29.9. The van der Waals surface area contributed by atoms with E-state index >= 15 is 0 Å². The molecule has 0 spiro atoms. The Morgan fingerprint density at radius 3 is 2.04 bits per heavy atom. The molecule has 0 aromatic heterocycles. The van der Waals surface area contributed by atoms with E-state index in [0.717, 1.165) is 21.0 Å². The molecular formula is C37H42FN3O4S. The van der Waals surface area contributed by atoms with Gasteiger partial charge in [-0.3, -0.25) is 13.9 Å². The van der Waals surface area contributed by atoms with E-state index in [9.17, 15) is 22.4 Å². The van der Waals surface area contributed by atoms with Crippen LogP contribution in [0.25, 0.3) is 0 Å². The molecule has 0 aliphatic carbocycles. The maximum Gasteiger partial charge on any atom is 0.264 e. The highest BCUT2D eigenvalue weighted by atomic mass is 32.2. The molecule has 0 heterocycles. The third kappa shape index (κ3) is 8.81. The predicted molar refractivity (Wildman–Crippen MR) is 180 cm³/mol. The quantitative estimate of drug-likeness (QED) is 0.184. The van der Waals surface area contributed by atoms with Crippen molar-refractivity contribution in [2.45, 2.75) is 58.5 Å². The van der Waals surface area contributed by atoms with Gasteiger partial charge in [0.05, 0.1) is 10.6 Å². The molecule has 2 amide bonds. The lowest BCUT2D eigenvalue weighted by molar-refractivity contribution is -0.140. The van der Waals surface area contributed by atoms with Crippen molar-refractivity contribution in [1.82, 2.24) is 10.2 Å². The van der Waals surface area contributed by atoms with Crippen LogP contribution in [0.1, 0.15) is 41.7 Å². The van der Waals surface area contributed by atoms with Gasteiger partial charge in [0.1, 0.15) is 18.4 Å². The van der Waals surface area contributed by atoms with Gasteiger partial charge in [0.25, 0.3) is 10.0 Å². The summed E-state index contributed by atoms with van der Waals surface area (Å²) in [5.74, 6) is -1.18. The van der Waals surface area contributed by atoms with Crippen LogP contribution in [0.5, 0.6) is 0 Å². The molecule has 0 fully saturated rings. The van der Waals surface area contributed by atoms with Crippen LogP contribution in [0.2, 0.25) is 0 Å². The molecular weight excluding hydrogens is 601 g/mol. The Bertz CT molecular complexity index is 1740. The molecule has 0 saturated carbocycles. The molecule has 1 N–H and O–H groups in total. The second kappa shape index (κ2) is 15.2. The first kappa shape index (κ1) is 34.4. The Balaban J connectivity index is 1.82. The van der Waals surface area contributed by atoms with Gasteiger partial charge < -0.3 is 10.2 Å². The molecule has 242 valence electrons. The molecule has 4 rings (SSSR count). The number of rotatable bonds is 13. The average molecular weight is 644 g/mol. The molecule has 4 aromatic rings. The molecule has 0 aliphatic rings. The van der Waals surface area contributed by atoms with Crippen molar-refractivity contribution < 1.29 is 22.4 Å². The number of halogens is 1. The maximum absolute atomic E-state index is 14.5. The predicted octanol–water partition coefficient (Wildman–Crippen LogP) is 6.36. The summed E-state index contributed by atoms with van der Waals surface area (Å²) in [6.45, 7) is 9.36. The van der Waals surface area contributed by atoms with E-state index in [4.69, 9.17) is 0 Å². The monoisotopic (exact) mass is 643 g/mol. The highest BCUT2D eigenvalue weighted by Gasteiger charge is 2.35. The summed E-state index contributed by atoms with van der Waals surface area (Å²) in [6.07, 6.45) is 0.200. The molecule has 0 radical (unpaired) electrons. The van der Waals surface area contributed by atoms with Gasteiger partial charge in [-0.2, -0.15) is 0 Å². The van der Waals surface area contributed by atoms with E-state index in [0.29, 0.717) is 23.4 Å². The summed E-state index contributed by atoms with van der Waals surface area (Å²) in [5.41, 5.74) is 4.33. The Hall–Kier alpha value is -4.50. The van der Waals surface area contributed by atoms with Crippen molar-refractivity contribution in [2.75, 3.05) is 17.4 Å². The summed E-state index contributed by atoms with van der Waals surface area (Å²) in [7, 11) is -4.20. The molecule has 0 bridgehead atoms. The summed E-state index contributed by atoms with van der Waals surface area (Å²) >= 11 is 0. The van der Waals surface area contributed by atoms with Gasteiger partial charge in [0.2, 0.25) is 11.8 Å². The van der Waals surface area contributed by atoms with E-state index < -0.39 is 34.3 Å². The Kier molecular flexibility index (Phi) is 11.4. The molecule has 0 aliphatic heterocycles. The van der Waals surface area contributed by atoms with Gasteiger partial charge in [-0.05, 0) is 73.7 Å². The zero-order valence-electron chi connectivity index (χ0n) is 27.0. The fourth-order valence-corrected chi connectivity index (χ4v) is 6.68. The van der Waals surface area contributed by atoms with Crippen LogP contribution in [0.15, 0.2) is 102 Å². The normalized spacial score (nSPS) is 12.1. The highest BCUT2D eigenvalue weighted by Crippen LogP contribution is 2.29. The Labute approximate surface area is 272 Å². The number of anilines is 1. The van der Waals surface area contributed by atoms with Crippen LogP contribution in [0.3, 0.4) is 0 Å². The maximum atomic E-state index is 14.5. The van der Waals surface area contributed by atoms with Gasteiger partial charge in [0.15, 0.2) is 0 Å². The van der Waals surface area contributed by atoms with E-state index in [2.05, 4.69) is 5.32 Å². The second-order valence-corrected chi connectivity index (χ2v) is 14.0. The number of carbonyl (C=O) groups is 2. The molecule has 7 nitrogen and oxygen atoms in total.